The van der Waals surface area contributed by atoms with Crippen LogP contribution in [-0.2, 0) is 15.7 Å². The number of halogens is 3. The number of methoxy groups -OCH3 is 1. The molecular formula is C28H30F3N3O3. The molecule has 0 aliphatic rings. The lowest BCUT2D eigenvalue weighted by Crippen LogP contribution is -2.26. The van der Waals surface area contributed by atoms with Gasteiger partial charge in [-0.2, -0.15) is 13.2 Å². The Morgan fingerprint density at radius 1 is 0.946 bits per heavy atom. The molecule has 1 aromatic heterocycles. The van der Waals surface area contributed by atoms with Crippen LogP contribution in [0, 0.1) is 5.92 Å². The van der Waals surface area contributed by atoms with Crippen molar-refractivity contribution in [2.24, 2.45) is 5.92 Å². The van der Waals surface area contributed by atoms with Crippen LogP contribution in [0.2, 0.25) is 0 Å². The highest BCUT2D eigenvalue weighted by Gasteiger charge is 2.30. The van der Waals surface area contributed by atoms with Crippen molar-refractivity contribution in [1.29, 1.82) is 0 Å². The molecule has 0 saturated heterocycles. The fourth-order valence-corrected chi connectivity index (χ4v) is 3.78. The number of nitrogens with zero attached hydrogens (tertiary/aromatic N) is 1. The summed E-state index contributed by atoms with van der Waals surface area (Å²) in [6, 6.07) is 16.1. The molecule has 0 aliphatic heterocycles. The number of alkyl halides is 3. The largest absolute Gasteiger partial charge is 0.469 e. The topological polar surface area (TPSA) is 80.3 Å². The van der Waals surface area contributed by atoms with E-state index in [2.05, 4.69) is 34.2 Å². The SMILES string of the molecule is COC(=O)CCNC(=O)c1ccc(NC(CC(C)C)c2ccc(-c3ccc(C(F)(F)F)cc3)cc2)nc1. The van der Waals surface area contributed by atoms with Gasteiger partial charge in [-0.05, 0) is 53.3 Å². The third-order valence-corrected chi connectivity index (χ3v) is 5.76. The lowest BCUT2D eigenvalue weighted by atomic mass is 9.94. The predicted molar refractivity (Wildman–Crippen MR) is 136 cm³/mol. The molecule has 3 rings (SSSR count). The maximum absolute atomic E-state index is 12.8. The molecule has 0 bridgehead atoms. The molecule has 1 heterocycles. The molecule has 2 N–H and O–H groups in total. The Morgan fingerprint density at radius 3 is 2.08 bits per heavy atom. The van der Waals surface area contributed by atoms with Crippen molar-refractivity contribution in [1.82, 2.24) is 10.3 Å². The first-order valence-corrected chi connectivity index (χ1v) is 11.9. The highest BCUT2D eigenvalue weighted by Crippen LogP contribution is 2.32. The first kappa shape index (κ1) is 27.7. The van der Waals surface area contributed by atoms with Crippen LogP contribution in [-0.4, -0.2) is 30.5 Å². The third kappa shape index (κ3) is 8.06. The van der Waals surface area contributed by atoms with Crippen LogP contribution in [0.3, 0.4) is 0 Å². The van der Waals surface area contributed by atoms with Crippen LogP contribution in [0.15, 0.2) is 66.9 Å². The number of aromatic nitrogens is 1. The summed E-state index contributed by atoms with van der Waals surface area (Å²) in [5, 5.41) is 6.06. The number of hydrogen-bond acceptors (Lipinski definition) is 5. The summed E-state index contributed by atoms with van der Waals surface area (Å²) in [7, 11) is 1.29. The van der Waals surface area contributed by atoms with E-state index in [1.54, 1.807) is 12.1 Å². The molecule has 1 atom stereocenters. The van der Waals surface area contributed by atoms with Gasteiger partial charge in [-0.3, -0.25) is 9.59 Å². The number of hydrogen-bond donors (Lipinski definition) is 2. The fourth-order valence-electron chi connectivity index (χ4n) is 3.78. The van der Waals surface area contributed by atoms with Crippen LogP contribution in [0.25, 0.3) is 11.1 Å². The van der Waals surface area contributed by atoms with Crippen LogP contribution in [0.1, 0.15) is 54.2 Å². The molecule has 0 spiro atoms. The lowest BCUT2D eigenvalue weighted by molar-refractivity contribution is -0.140. The van der Waals surface area contributed by atoms with Crippen molar-refractivity contribution in [3.8, 4) is 11.1 Å². The first-order chi connectivity index (χ1) is 17.6. The number of carbonyl (C=O) groups excluding carboxylic acids is 2. The fraction of sp³-hybridized carbons (Fsp3) is 0.321. The van der Waals surface area contributed by atoms with Crippen LogP contribution < -0.4 is 10.6 Å². The number of ether oxygens (including phenoxy) is 1. The van der Waals surface area contributed by atoms with E-state index in [9.17, 15) is 22.8 Å². The van der Waals surface area contributed by atoms with Gasteiger partial charge in [0, 0.05) is 12.7 Å². The van der Waals surface area contributed by atoms with E-state index >= 15 is 0 Å². The average molecular weight is 514 g/mol. The summed E-state index contributed by atoms with van der Waals surface area (Å²) in [6.45, 7) is 4.39. The summed E-state index contributed by atoms with van der Waals surface area (Å²) in [5.74, 6) is 0.248. The van der Waals surface area contributed by atoms with E-state index in [0.717, 1.165) is 29.7 Å². The number of benzene rings is 2. The van der Waals surface area contributed by atoms with Gasteiger partial charge >= 0.3 is 12.1 Å². The van der Waals surface area contributed by atoms with Gasteiger partial charge in [0.15, 0.2) is 0 Å². The van der Waals surface area contributed by atoms with E-state index in [0.29, 0.717) is 22.9 Å². The quantitative estimate of drug-likeness (QED) is 0.313. The molecule has 6 nitrogen and oxygen atoms in total. The second kappa shape index (κ2) is 12.4. The zero-order valence-electron chi connectivity index (χ0n) is 20.9. The second-order valence-corrected chi connectivity index (χ2v) is 9.04. The smallest absolute Gasteiger partial charge is 0.416 e. The maximum atomic E-state index is 12.8. The summed E-state index contributed by atoms with van der Waals surface area (Å²) in [6.07, 6.45) is -1.99. The van der Waals surface area contributed by atoms with Gasteiger partial charge in [-0.15, -0.1) is 0 Å². The minimum Gasteiger partial charge on any atom is -0.469 e. The average Bonchev–Trinajstić information content (AvgIpc) is 2.88. The molecule has 1 amide bonds. The maximum Gasteiger partial charge on any atom is 0.416 e. The number of anilines is 1. The van der Waals surface area contributed by atoms with Gasteiger partial charge < -0.3 is 15.4 Å². The Labute approximate surface area is 214 Å². The van der Waals surface area contributed by atoms with Crippen molar-refractivity contribution < 1.29 is 27.5 Å². The van der Waals surface area contributed by atoms with Crippen molar-refractivity contribution in [3.63, 3.8) is 0 Å². The number of esters is 1. The Balaban J connectivity index is 1.68. The van der Waals surface area contributed by atoms with E-state index in [4.69, 9.17) is 0 Å². The summed E-state index contributed by atoms with van der Waals surface area (Å²) in [5.41, 5.74) is 2.23. The number of pyridine rings is 1. The Bertz CT molecular complexity index is 1180. The van der Waals surface area contributed by atoms with Crippen molar-refractivity contribution >= 4 is 17.7 Å². The summed E-state index contributed by atoms with van der Waals surface area (Å²) < 4.78 is 43.1. The lowest BCUT2D eigenvalue weighted by Gasteiger charge is -2.22. The Morgan fingerprint density at radius 2 is 1.57 bits per heavy atom. The first-order valence-electron chi connectivity index (χ1n) is 11.9. The van der Waals surface area contributed by atoms with Crippen LogP contribution in [0.4, 0.5) is 19.0 Å². The van der Waals surface area contributed by atoms with Crippen molar-refractivity contribution in [2.45, 2.75) is 38.9 Å². The van der Waals surface area contributed by atoms with Gasteiger partial charge in [0.25, 0.3) is 5.91 Å². The minimum atomic E-state index is -4.36. The molecule has 196 valence electrons. The molecule has 3 aromatic rings. The standard InChI is InChI=1S/C28H30F3N3O3/c1-18(2)16-24(34-25-13-10-22(17-33-25)27(36)32-15-14-26(35)37-3)21-6-4-19(5-7-21)20-8-11-23(12-9-20)28(29,30)31/h4-13,17-18,24H,14-16H2,1-3H3,(H,32,36)(H,33,34). The molecule has 0 aliphatic carbocycles. The molecule has 0 saturated carbocycles. The number of amides is 1. The van der Waals surface area contributed by atoms with Gasteiger partial charge in [-0.25, -0.2) is 4.98 Å². The Kier molecular flexibility index (Phi) is 9.27. The van der Waals surface area contributed by atoms with Gasteiger partial charge in [0.2, 0.25) is 0 Å². The minimum absolute atomic E-state index is 0.0612. The van der Waals surface area contributed by atoms with E-state index in [1.807, 2.05) is 24.3 Å². The van der Waals surface area contributed by atoms with Gasteiger partial charge in [0.1, 0.15) is 5.82 Å². The van der Waals surface area contributed by atoms with Gasteiger partial charge in [-0.1, -0.05) is 50.2 Å². The van der Waals surface area contributed by atoms with E-state index < -0.39 is 17.7 Å². The van der Waals surface area contributed by atoms with E-state index in [-0.39, 0.29) is 24.9 Å². The zero-order chi connectivity index (χ0) is 27.0. The number of carbonyl (C=O) groups is 2. The molecule has 9 heteroatoms. The van der Waals surface area contributed by atoms with Gasteiger partial charge in [0.05, 0.1) is 30.7 Å². The zero-order valence-corrected chi connectivity index (χ0v) is 20.9. The van der Waals surface area contributed by atoms with E-state index in [1.165, 1.54) is 25.4 Å². The molecule has 1 unspecified atom stereocenters. The predicted octanol–water partition coefficient (Wildman–Crippen LogP) is 6.26. The highest BCUT2D eigenvalue weighted by atomic mass is 19.4. The molecule has 0 radical (unpaired) electrons. The van der Waals surface area contributed by atoms with Crippen LogP contribution in [0.5, 0.6) is 0 Å². The number of rotatable bonds is 10. The molecule has 37 heavy (non-hydrogen) atoms. The van der Waals surface area contributed by atoms with Crippen molar-refractivity contribution in [2.75, 3.05) is 19.0 Å². The highest BCUT2D eigenvalue weighted by molar-refractivity contribution is 5.94. The molecule has 2 aromatic carbocycles. The summed E-state index contributed by atoms with van der Waals surface area (Å²) in [4.78, 5) is 27.8. The Hall–Kier alpha value is -3.88. The molecule has 0 fully saturated rings. The monoisotopic (exact) mass is 513 g/mol. The summed E-state index contributed by atoms with van der Waals surface area (Å²) >= 11 is 0. The number of nitrogens with one attached hydrogen (secondary N) is 2. The normalized spacial score (nSPS) is 12.2. The van der Waals surface area contributed by atoms with Crippen LogP contribution >= 0.6 is 0 Å². The second-order valence-electron chi connectivity index (χ2n) is 9.04. The molecular weight excluding hydrogens is 483 g/mol. The third-order valence-electron chi connectivity index (χ3n) is 5.76. The van der Waals surface area contributed by atoms with Crippen molar-refractivity contribution in [3.05, 3.63) is 83.6 Å².